The third-order valence-corrected chi connectivity index (χ3v) is 4.62. The molecular weight excluding hydrogens is 367 g/mol. The summed E-state index contributed by atoms with van der Waals surface area (Å²) >= 11 is 0. The largest absolute Gasteiger partial charge is 0.490 e. The number of fused-ring (bicyclic) bond motifs is 1. The molecule has 2 aliphatic heterocycles. The molecule has 1 aromatic heterocycles. The number of hydrogen-bond acceptors (Lipinski definition) is 5. The second-order valence-electron chi connectivity index (χ2n) is 6.34. The molecule has 0 aliphatic carbocycles. The van der Waals surface area contributed by atoms with Crippen LogP contribution in [0.15, 0.2) is 24.5 Å². The predicted molar refractivity (Wildman–Crippen MR) is 88.7 cm³/mol. The highest BCUT2D eigenvalue weighted by atomic mass is 19.4. The summed E-state index contributed by atoms with van der Waals surface area (Å²) in [6.45, 7) is 3.29. The zero-order valence-corrected chi connectivity index (χ0v) is 14.9. The van der Waals surface area contributed by atoms with Gasteiger partial charge in [-0.3, -0.25) is 14.7 Å². The van der Waals surface area contributed by atoms with E-state index < -0.39 is 12.1 Å². The van der Waals surface area contributed by atoms with Gasteiger partial charge in [-0.2, -0.15) is 13.2 Å². The summed E-state index contributed by atoms with van der Waals surface area (Å²) in [6.07, 6.45) is 0.337. The van der Waals surface area contributed by atoms with E-state index in [1.165, 1.54) is 5.56 Å². The smallest absolute Gasteiger partial charge is 0.475 e. The fraction of sp³-hybridized carbons (Fsp3) is 0.588. The van der Waals surface area contributed by atoms with Crippen molar-refractivity contribution in [2.45, 2.75) is 37.6 Å². The number of pyridine rings is 1. The van der Waals surface area contributed by atoms with Crippen molar-refractivity contribution in [3.05, 3.63) is 30.1 Å². The SMILES string of the molecule is COCCN1C(=O)C[C@H]2[C@H]1CCN2Cc1cccnc1.O=C(O)C(F)(F)F. The Kier molecular flexibility index (Phi) is 7.14. The van der Waals surface area contributed by atoms with Crippen molar-refractivity contribution >= 4 is 11.9 Å². The highest BCUT2D eigenvalue weighted by molar-refractivity contribution is 5.80. The molecule has 2 atom stereocenters. The molecule has 1 aromatic rings. The number of alkyl halides is 3. The lowest BCUT2D eigenvalue weighted by Gasteiger charge is -2.25. The Bertz CT molecular complexity index is 642. The van der Waals surface area contributed by atoms with E-state index in [0.29, 0.717) is 25.1 Å². The minimum Gasteiger partial charge on any atom is -0.475 e. The number of carboxylic acids is 1. The van der Waals surface area contributed by atoms with Gasteiger partial charge in [-0.25, -0.2) is 4.79 Å². The molecule has 3 rings (SSSR count). The monoisotopic (exact) mass is 389 g/mol. The van der Waals surface area contributed by atoms with Crippen molar-refractivity contribution in [3.63, 3.8) is 0 Å². The van der Waals surface area contributed by atoms with E-state index in [9.17, 15) is 18.0 Å². The fourth-order valence-corrected chi connectivity index (χ4v) is 3.41. The molecule has 27 heavy (non-hydrogen) atoms. The minimum atomic E-state index is -5.08. The summed E-state index contributed by atoms with van der Waals surface area (Å²) < 4.78 is 36.8. The van der Waals surface area contributed by atoms with E-state index in [1.54, 1.807) is 13.3 Å². The molecule has 2 aliphatic rings. The van der Waals surface area contributed by atoms with Crippen LogP contribution < -0.4 is 0 Å². The van der Waals surface area contributed by atoms with Crippen molar-refractivity contribution in [1.29, 1.82) is 0 Å². The van der Waals surface area contributed by atoms with Crippen LogP contribution in [0.2, 0.25) is 0 Å². The third kappa shape index (κ3) is 5.64. The molecule has 0 aromatic carbocycles. The molecule has 7 nitrogen and oxygen atoms in total. The van der Waals surface area contributed by atoms with E-state index in [2.05, 4.69) is 16.0 Å². The van der Waals surface area contributed by atoms with Crippen molar-refractivity contribution in [3.8, 4) is 0 Å². The van der Waals surface area contributed by atoms with Gasteiger partial charge >= 0.3 is 12.1 Å². The number of halogens is 3. The molecule has 0 saturated carbocycles. The molecule has 0 spiro atoms. The number of rotatable bonds is 5. The van der Waals surface area contributed by atoms with Crippen LogP contribution in [-0.2, 0) is 20.9 Å². The number of carboxylic acid groups (broad SMARTS) is 1. The van der Waals surface area contributed by atoms with Crippen LogP contribution in [0.5, 0.6) is 0 Å². The molecule has 2 saturated heterocycles. The van der Waals surface area contributed by atoms with E-state index >= 15 is 0 Å². The summed E-state index contributed by atoms with van der Waals surface area (Å²) in [5.74, 6) is -2.49. The van der Waals surface area contributed by atoms with Gasteiger partial charge < -0.3 is 14.7 Å². The van der Waals surface area contributed by atoms with Crippen molar-refractivity contribution in [2.75, 3.05) is 26.8 Å². The zero-order valence-electron chi connectivity index (χ0n) is 14.9. The highest BCUT2D eigenvalue weighted by Crippen LogP contribution is 2.33. The molecule has 1 amide bonds. The van der Waals surface area contributed by atoms with Gasteiger partial charge in [0.05, 0.1) is 6.61 Å². The molecule has 10 heteroatoms. The standard InChI is InChI=1S/C15H21N3O2.C2HF3O2/c1-20-8-7-18-13-4-6-17(14(13)9-15(18)19)11-12-3-2-5-16-10-12;3-2(4,5)1(6)7/h2-3,5,10,13-14H,4,6-9,11H2,1H3;(H,6,7)/t13-,14+;/m1./s1. The molecule has 1 N–H and O–H groups in total. The molecule has 3 heterocycles. The van der Waals surface area contributed by atoms with Gasteiger partial charge in [-0.15, -0.1) is 0 Å². The number of carbonyl (C=O) groups excluding carboxylic acids is 1. The molecule has 0 radical (unpaired) electrons. The fourth-order valence-electron chi connectivity index (χ4n) is 3.41. The van der Waals surface area contributed by atoms with Crippen molar-refractivity contribution in [1.82, 2.24) is 14.8 Å². The maximum atomic E-state index is 12.1. The maximum Gasteiger partial charge on any atom is 0.490 e. The number of methoxy groups -OCH3 is 1. The number of amides is 1. The zero-order chi connectivity index (χ0) is 20.0. The van der Waals surface area contributed by atoms with Crippen LogP contribution in [0, 0.1) is 0 Å². The molecular formula is C17H22F3N3O4. The second-order valence-corrected chi connectivity index (χ2v) is 6.34. The number of aliphatic carboxylic acids is 1. The van der Waals surface area contributed by atoms with Crippen LogP contribution >= 0.6 is 0 Å². The first kappa shape index (κ1) is 21.1. The summed E-state index contributed by atoms with van der Waals surface area (Å²) in [5.41, 5.74) is 1.22. The molecule has 150 valence electrons. The Morgan fingerprint density at radius 2 is 2.11 bits per heavy atom. The topological polar surface area (TPSA) is 83.0 Å². The Hall–Kier alpha value is -2.20. The Morgan fingerprint density at radius 1 is 1.41 bits per heavy atom. The molecule has 0 unspecified atom stereocenters. The third-order valence-electron chi connectivity index (χ3n) is 4.62. The lowest BCUT2D eigenvalue weighted by Crippen LogP contribution is -2.38. The van der Waals surface area contributed by atoms with Gasteiger partial charge in [-0.05, 0) is 18.1 Å². The van der Waals surface area contributed by atoms with Gasteiger partial charge in [0.1, 0.15) is 0 Å². The molecule has 2 fully saturated rings. The summed E-state index contributed by atoms with van der Waals surface area (Å²) in [6, 6.07) is 4.79. The van der Waals surface area contributed by atoms with Gasteiger partial charge in [-0.1, -0.05) is 6.07 Å². The minimum absolute atomic E-state index is 0.271. The van der Waals surface area contributed by atoms with Crippen molar-refractivity contribution in [2.24, 2.45) is 0 Å². The predicted octanol–water partition coefficient (Wildman–Crippen LogP) is 1.54. The van der Waals surface area contributed by atoms with E-state index in [1.807, 2.05) is 17.2 Å². The summed E-state index contributed by atoms with van der Waals surface area (Å²) in [5, 5.41) is 7.12. The average Bonchev–Trinajstić information content (AvgIpc) is 3.13. The normalized spacial score (nSPS) is 22.4. The lowest BCUT2D eigenvalue weighted by atomic mass is 10.1. The van der Waals surface area contributed by atoms with Crippen LogP contribution in [-0.4, -0.2) is 76.8 Å². The van der Waals surface area contributed by atoms with Crippen LogP contribution in [0.4, 0.5) is 13.2 Å². The maximum absolute atomic E-state index is 12.1. The van der Waals surface area contributed by atoms with E-state index in [-0.39, 0.29) is 5.91 Å². The summed E-state index contributed by atoms with van der Waals surface area (Å²) in [7, 11) is 1.68. The second kappa shape index (κ2) is 9.14. The van der Waals surface area contributed by atoms with Gasteiger partial charge in [0.15, 0.2) is 0 Å². The number of likely N-dealkylation sites (tertiary alicyclic amines) is 2. The Balaban J connectivity index is 0.000000321. The first-order chi connectivity index (χ1) is 12.7. The average molecular weight is 389 g/mol. The first-order valence-corrected chi connectivity index (χ1v) is 8.45. The Labute approximate surface area is 154 Å². The van der Waals surface area contributed by atoms with Crippen LogP contribution in [0.3, 0.4) is 0 Å². The lowest BCUT2D eigenvalue weighted by molar-refractivity contribution is -0.192. The van der Waals surface area contributed by atoms with Gasteiger partial charge in [0.2, 0.25) is 5.91 Å². The summed E-state index contributed by atoms with van der Waals surface area (Å²) in [4.78, 5) is 29.6. The van der Waals surface area contributed by atoms with E-state index in [0.717, 1.165) is 26.1 Å². The quantitative estimate of drug-likeness (QED) is 0.823. The number of aromatic nitrogens is 1. The first-order valence-electron chi connectivity index (χ1n) is 8.45. The Morgan fingerprint density at radius 3 is 2.67 bits per heavy atom. The number of ether oxygens (including phenoxy) is 1. The number of hydrogen-bond donors (Lipinski definition) is 1. The van der Waals surface area contributed by atoms with Crippen molar-refractivity contribution < 1.29 is 32.6 Å². The van der Waals surface area contributed by atoms with Crippen LogP contribution in [0.25, 0.3) is 0 Å². The number of carbonyl (C=O) groups is 2. The van der Waals surface area contributed by atoms with Gasteiger partial charge in [0, 0.05) is 57.6 Å². The highest BCUT2D eigenvalue weighted by Gasteiger charge is 2.46. The molecule has 0 bridgehead atoms. The number of nitrogens with zero attached hydrogens (tertiary/aromatic N) is 3. The van der Waals surface area contributed by atoms with Gasteiger partial charge in [0.25, 0.3) is 0 Å². The van der Waals surface area contributed by atoms with Crippen LogP contribution in [0.1, 0.15) is 18.4 Å². The van der Waals surface area contributed by atoms with E-state index in [4.69, 9.17) is 14.6 Å².